The summed E-state index contributed by atoms with van der Waals surface area (Å²) >= 11 is 5.91. The molecule has 1 aromatic rings. The number of rotatable bonds is 10. The van der Waals surface area contributed by atoms with E-state index in [0.29, 0.717) is 51.4 Å². The van der Waals surface area contributed by atoms with Gasteiger partial charge in [-0.05, 0) is 20.8 Å². The molecule has 0 N–H and O–H groups in total. The molecule has 0 amide bonds. The standard InChI is InChI=1S/C12H22ClN3O3/c1-4-17-8-6-16(7-9-18-5-2)12-15-14-11(19-12)10(3)13/h10H,4-9H2,1-3H3. The summed E-state index contributed by atoms with van der Waals surface area (Å²) in [6.07, 6.45) is 0. The highest BCUT2D eigenvalue weighted by Gasteiger charge is 2.16. The molecule has 0 saturated carbocycles. The van der Waals surface area contributed by atoms with Gasteiger partial charge >= 0.3 is 6.01 Å². The lowest BCUT2D eigenvalue weighted by Crippen LogP contribution is -2.31. The monoisotopic (exact) mass is 291 g/mol. The Morgan fingerprint density at radius 1 is 1.16 bits per heavy atom. The summed E-state index contributed by atoms with van der Waals surface area (Å²) < 4.78 is 16.2. The Morgan fingerprint density at radius 3 is 2.16 bits per heavy atom. The van der Waals surface area contributed by atoms with Crippen molar-refractivity contribution in [3.8, 4) is 0 Å². The Bertz CT molecular complexity index is 337. The predicted octanol–water partition coefficient (Wildman–Crippen LogP) is 2.25. The van der Waals surface area contributed by atoms with E-state index in [1.54, 1.807) is 6.92 Å². The zero-order valence-electron chi connectivity index (χ0n) is 11.8. The molecule has 0 aliphatic carbocycles. The molecular formula is C12H22ClN3O3. The van der Waals surface area contributed by atoms with Crippen molar-refractivity contribution >= 4 is 17.6 Å². The van der Waals surface area contributed by atoms with Crippen molar-refractivity contribution < 1.29 is 13.9 Å². The number of aromatic nitrogens is 2. The fraction of sp³-hybridized carbons (Fsp3) is 0.833. The van der Waals surface area contributed by atoms with Gasteiger partial charge in [0.15, 0.2) is 0 Å². The SMILES string of the molecule is CCOCCN(CCOCC)c1nnc(C(C)Cl)o1. The van der Waals surface area contributed by atoms with Crippen LogP contribution in [0.2, 0.25) is 0 Å². The molecule has 110 valence electrons. The molecule has 1 heterocycles. The summed E-state index contributed by atoms with van der Waals surface area (Å²) in [5.74, 6) is 0.425. The van der Waals surface area contributed by atoms with Gasteiger partial charge in [0.25, 0.3) is 0 Å². The minimum absolute atomic E-state index is 0.290. The number of anilines is 1. The quantitative estimate of drug-likeness (QED) is 0.487. The van der Waals surface area contributed by atoms with E-state index in [4.69, 9.17) is 25.5 Å². The first kappa shape index (κ1) is 16.2. The van der Waals surface area contributed by atoms with Gasteiger partial charge in [-0.1, -0.05) is 5.10 Å². The molecule has 0 aliphatic rings. The summed E-state index contributed by atoms with van der Waals surface area (Å²) in [4.78, 5) is 1.95. The Kier molecular flexibility index (Phi) is 7.78. The lowest BCUT2D eigenvalue weighted by atomic mass is 10.5. The number of hydrogen-bond acceptors (Lipinski definition) is 6. The normalized spacial score (nSPS) is 12.6. The van der Waals surface area contributed by atoms with Crippen LogP contribution in [0.1, 0.15) is 32.0 Å². The van der Waals surface area contributed by atoms with Crippen molar-refractivity contribution in [2.75, 3.05) is 44.4 Å². The smallest absolute Gasteiger partial charge is 0.318 e. The average Bonchev–Trinajstić information content (AvgIpc) is 2.87. The average molecular weight is 292 g/mol. The summed E-state index contributed by atoms with van der Waals surface area (Å²) in [6.45, 7) is 9.67. The van der Waals surface area contributed by atoms with E-state index in [2.05, 4.69) is 10.2 Å². The zero-order chi connectivity index (χ0) is 14.1. The van der Waals surface area contributed by atoms with Gasteiger partial charge in [0.2, 0.25) is 5.89 Å². The van der Waals surface area contributed by atoms with Crippen LogP contribution in [-0.2, 0) is 9.47 Å². The van der Waals surface area contributed by atoms with Crippen molar-refractivity contribution in [1.29, 1.82) is 0 Å². The number of hydrogen-bond donors (Lipinski definition) is 0. The largest absolute Gasteiger partial charge is 0.406 e. The Balaban J connectivity index is 2.58. The molecule has 19 heavy (non-hydrogen) atoms. The first-order chi connectivity index (χ1) is 9.19. The van der Waals surface area contributed by atoms with Crippen LogP contribution < -0.4 is 4.90 Å². The van der Waals surface area contributed by atoms with Gasteiger partial charge in [0.05, 0.1) is 13.2 Å². The van der Waals surface area contributed by atoms with Gasteiger partial charge < -0.3 is 18.8 Å². The maximum Gasteiger partial charge on any atom is 0.318 e. The molecule has 6 nitrogen and oxygen atoms in total. The number of nitrogens with zero attached hydrogens (tertiary/aromatic N) is 3. The van der Waals surface area contributed by atoms with E-state index in [0.717, 1.165) is 0 Å². The fourth-order valence-corrected chi connectivity index (χ4v) is 1.54. The highest BCUT2D eigenvalue weighted by atomic mass is 35.5. The molecule has 0 bridgehead atoms. The van der Waals surface area contributed by atoms with Crippen molar-refractivity contribution in [3.05, 3.63) is 5.89 Å². The maximum absolute atomic E-state index is 5.91. The van der Waals surface area contributed by atoms with Crippen LogP contribution in [-0.4, -0.2) is 49.7 Å². The van der Waals surface area contributed by atoms with Crippen molar-refractivity contribution in [1.82, 2.24) is 10.2 Å². The molecule has 0 aliphatic heterocycles. The summed E-state index contributed by atoms with van der Waals surface area (Å²) in [5, 5.41) is 7.64. The van der Waals surface area contributed by atoms with E-state index >= 15 is 0 Å². The molecular weight excluding hydrogens is 270 g/mol. The third-order valence-electron chi connectivity index (χ3n) is 2.46. The minimum atomic E-state index is -0.290. The topological polar surface area (TPSA) is 60.6 Å². The van der Waals surface area contributed by atoms with Gasteiger partial charge in [0.1, 0.15) is 5.38 Å². The third kappa shape index (κ3) is 5.76. The van der Waals surface area contributed by atoms with Gasteiger partial charge in [-0.25, -0.2) is 0 Å². The molecule has 0 aromatic carbocycles. The second-order valence-corrected chi connectivity index (χ2v) is 4.57. The number of alkyl halides is 1. The van der Waals surface area contributed by atoms with Gasteiger partial charge in [-0.3, -0.25) is 0 Å². The highest BCUT2D eigenvalue weighted by Crippen LogP contribution is 2.21. The van der Waals surface area contributed by atoms with E-state index in [1.807, 2.05) is 18.7 Å². The molecule has 0 radical (unpaired) electrons. The van der Waals surface area contributed by atoms with Gasteiger partial charge in [-0.15, -0.1) is 16.7 Å². The minimum Gasteiger partial charge on any atom is -0.406 e. The maximum atomic E-state index is 5.91. The van der Waals surface area contributed by atoms with Crippen molar-refractivity contribution in [3.63, 3.8) is 0 Å². The Labute approximate surface area is 119 Å². The van der Waals surface area contributed by atoms with Crippen LogP contribution in [0, 0.1) is 0 Å². The third-order valence-corrected chi connectivity index (χ3v) is 2.65. The van der Waals surface area contributed by atoms with Crippen LogP contribution in [0.25, 0.3) is 0 Å². The second-order valence-electron chi connectivity index (χ2n) is 3.92. The van der Waals surface area contributed by atoms with E-state index in [9.17, 15) is 0 Å². The zero-order valence-corrected chi connectivity index (χ0v) is 12.5. The first-order valence-electron chi connectivity index (χ1n) is 6.56. The van der Waals surface area contributed by atoms with Crippen molar-refractivity contribution in [2.24, 2.45) is 0 Å². The lowest BCUT2D eigenvalue weighted by Gasteiger charge is -2.19. The Morgan fingerprint density at radius 2 is 1.74 bits per heavy atom. The van der Waals surface area contributed by atoms with Gasteiger partial charge in [0, 0.05) is 26.3 Å². The molecule has 0 saturated heterocycles. The van der Waals surface area contributed by atoms with Crippen LogP contribution in [0.5, 0.6) is 0 Å². The van der Waals surface area contributed by atoms with Crippen LogP contribution >= 0.6 is 11.6 Å². The van der Waals surface area contributed by atoms with Gasteiger partial charge in [-0.2, -0.15) is 0 Å². The first-order valence-corrected chi connectivity index (χ1v) is 7.00. The molecule has 1 unspecified atom stereocenters. The van der Waals surface area contributed by atoms with Crippen LogP contribution in [0.15, 0.2) is 4.42 Å². The molecule has 0 spiro atoms. The van der Waals surface area contributed by atoms with E-state index in [-0.39, 0.29) is 5.38 Å². The Hall–Kier alpha value is -0.850. The summed E-state index contributed by atoms with van der Waals surface area (Å²) in [7, 11) is 0. The van der Waals surface area contributed by atoms with Crippen LogP contribution in [0.4, 0.5) is 6.01 Å². The van der Waals surface area contributed by atoms with E-state index < -0.39 is 0 Å². The summed E-state index contributed by atoms with van der Waals surface area (Å²) in [5.41, 5.74) is 0. The van der Waals surface area contributed by atoms with E-state index in [1.165, 1.54) is 0 Å². The fourth-order valence-electron chi connectivity index (χ4n) is 1.46. The molecule has 1 rings (SSSR count). The number of ether oxygens (including phenoxy) is 2. The molecule has 7 heteroatoms. The van der Waals surface area contributed by atoms with Crippen molar-refractivity contribution in [2.45, 2.75) is 26.1 Å². The molecule has 1 atom stereocenters. The molecule has 0 fully saturated rings. The predicted molar refractivity (Wildman–Crippen MR) is 73.8 cm³/mol. The molecule has 1 aromatic heterocycles. The van der Waals surface area contributed by atoms with Crippen LogP contribution in [0.3, 0.4) is 0 Å². The second kappa shape index (κ2) is 9.12. The lowest BCUT2D eigenvalue weighted by molar-refractivity contribution is 0.140. The highest BCUT2D eigenvalue weighted by molar-refractivity contribution is 6.20. The number of halogens is 1. The summed E-state index contributed by atoms with van der Waals surface area (Å²) in [6, 6.07) is 0.460.